The van der Waals surface area contributed by atoms with Crippen molar-refractivity contribution in [1.82, 2.24) is 0 Å². The molecule has 0 aliphatic rings. The number of hydrogen-bond donors (Lipinski definition) is 1. The average Bonchev–Trinajstić information content (AvgIpc) is 2.72. The van der Waals surface area contributed by atoms with Crippen molar-refractivity contribution in [3.05, 3.63) is 107 Å². The third kappa shape index (κ3) is 4.00. The molecule has 0 unspecified atom stereocenters. The van der Waals surface area contributed by atoms with Crippen molar-refractivity contribution in [2.45, 2.75) is 0 Å². The first-order chi connectivity index (χ1) is 13.2. The molecule has 4 aromatic carbocycles. The van der Waals surface area contributed by atoms with Crippen molar-refractivity contribution in [1.29, 1.82) is 0 Å². The summed E-state index contributed by atoms with van der Waals surface area (Å²) < 4.78 is 0. The van der Waals surface area contributed by atoms with Crippen LogP contribution in [0.1, 0.15) is 0 Å². The van der Waals surface area contributed by atoms with Gasteiger partial charge in [0.1, 0.15) is 0 Å². The van der Waals surface area contributed by atoms with Gasteiger partial charge < -0.3 is 5.32 Å². The Bertz CT molecular complexity index is 973. The van der Waals surface area contributed by atoms with Crippen molar-refractivity contribution in [2.24, 2.45) is 0 Å². The van der Waals surface area contributed by atoms with Crippen LogP contribution < -0.4 is 5.32 Å². The Kier molecular flexibility index (Phi) is 5.15. The van der Waals surface area contributed by atoms with Gasteiger partial charge in [-0.15, -0.1) is 0 Å². The summed E-state index contributed by atoms with van der Waals surface area (Å²) in [4.78, 5) is 0. The molecule has 0 aliphatic heterocycles. The molecule has 0 saturated carbocycles. The molecule has 3 heteroatoms. The highest BCUT2D eigenvalue weighted by Crippen LogP contribution is 2.37. The van der Waals surface area contributed by atoms with Crippen molar-refractivity contribution in [2.75, 3.05) is 5.32 Å². The molecule has 0 radical (unpaired) electrons. The zero-order chi connectivity index (χ0) is 18.6. The lowest BCUT2D eigenvalue weighted by atomic mass is 10.0. The van der Waals surface area contributed by atoms with Gasteiger partial charge >= 0.3 is 0 Å². The molecule has 1 N–H and O–H groups in total. The molecule has 1 nitrogen and oxygen atoms in total. The Hall–Kier alpha value is -2.74. The molecular weight excluding hydrogens is 373 g/mol. The van der Waals surface area contributed by atoms with Crippen LogP contribution in [0, 0.1) is 0 Å². The molecule has 0 fully saturated rings. The van der Waals surface area contributed by atoms with E-state index >= 15 is 0 Å². The van der Waals surface area contributed by atoms with E-state index in [0.29, 0.717) is 10.0 Å². The van der Waals surface area contributed by atoms with Gasteiger partial charge in [-0.25, -0.2) is 0 Å². The second-order valence-electron chi connectivity index (χ2n) is 6.24. The molecule has 0 aromatic heterocycles. The molecule has 0 spiro atoms. The molecule has 0 aliphatic carbocycles. The lowest BCUT2D eigenvalue weighted by Crippen LogP contribution is -1.96. The maximum absolute atomic E-state index is 6.27. The summed E-state index contributed by atoms with van der Waals surface area (Å²) >= 11 is 12.5. The second-order valence-corrected chi connectivity index (χ2v) is 7.11. The van der Waals surface area contributed by atoms with Crippen molar-refractivity contribution in [3.8, 4) is 22.3 Å². The fourth-order valence-corrected chi connectivity index (χ4v) is 3.45. The summed E-state index contributed by atoms with van der Waals surface area (Å²) in [6.07, 6.45) is 0. The molecular formula is C24H17Cl2N. The van der Waals surface area contributed by atoms with Gasteiger partial charge in [0.25, 0.3) is 0 Å². The minimum atomic E-state index is 0.707. The third-order valence-corrected chi connectivity index (χ3v) is 4.87. The normalized spacial score (nSPS) is 10.6. The maximum Gasteiger partial charge on any atom is 0.0465 e. The zero-order valence-corrected chi connectivity index (χ0v) is 16.0. The van der Waals surface area contributed by atoms with Crippen LogP contribution in [-0.4, -0.2) is 0 Å². The highest BCUT2D eigenvalue weighted by atomic mass is 35.5. The second kappa shape index (κ2) is 7.87. The summed E-state index contributed by atoms with van der Waals surface area (Å²) in [7, 11) is 0. The van der Waals surface area contributed by atoms with E-state index in [1.54, 1.807) is 0 Å². The number of rotatable bonds is 4. The highest BCUT2D eigenvalue weighted by molar-refractivity contribution is 6.31. The SMILES string of the molecule is Clc1ccc(Nc2ccc(Cl)cc2-c2ccccc2)c(-c2ccccc2)c1. The van der Waals surface area contributed by atoms with E-state index in [-0.39, 0.29) is 0 Å². The number of halogens is 2. The van der Waals surface area contributed by atoms with Gasteiger partial charge in [-0.2, -0.15) is 0 Å². The van der Waals surface area contributed by atoms with Gasteiger partial charge in [-0.3, -0.25) is 0 Å². The van der Waals surface area contributed by atoms with Crippen LogP contribution in [0.4, 0.5) is 11.4 Å². The quantitative estimate of drug-likeness (QED) is 0.371. The molecule has 132 valence electrons. The summed E-state index contributed by atoms with van der Waals surface area (Å²) in [5.74, 6) is 0. The largest absolute Gasteiger partial charge is 0.355 e. The first kappa shape index (κ1) is 17.7. The molecule has 0 heterocycles. The first-order valence-corrected chi connectivity index (χ1v) is 9.43. The van der Waals surface area contributed by atoms with Crippen LogP contribution >= 0.6 is 23.2 Å². The van der Waals surface area contributed by atoms with E-state index in [4.69, 9.17) is 23.2 Å². The van der Waals surface area contributed by atoms with E-state index in [2.05, 4.69) is 29.6 Å². The van der Waals surface area contributed by atoms with Crippen molar-refractivity contribution >= 4 is 34.6 Å². The van der Waals surface area contributed by atoms with E-state index in [1.807, 2.05) is 72.8 Å². The van der Waals surface area contributed by atoms with Gasteiger partial charge in [0.2, 0.25) is 0 Å². The van der Waals surface area contributed by atoms with E-state index in [0.717, 1.165) is 33.6 Å². The topological polar surface area (TPSA) is 12.0 Å². The van der Waals surface area contributed by atoms with Crippen LogP contribution in [0.5, 0.6) is 0 Å². The predicted octanol–water partition coefficient (Wildman–Crippen LogP) is 8.07. The number of anilines is 2. The van der Waals surface area contributed by atoms with Gasteiger partial charge in [0.15, 0.2) is 0 Å². The number of benzene rings is 4. The predicted molar refractivity (Wildman–Crippen MR) is 117 cm³/mol. The van der Waals surface area contributed by atoms with Crippen LogP contribution in [0.3, 0.4) is 0 Å². The standard InChI is InChI=1S/C24H17Cl2N/c25-19-11-13-23(21(15-19)17-7-3-1-4-8-17)27-24-14-12-20(26)16-22(24)18-9-5-2-6-10-18/h1-16,27H. The maximum atomic E-state index is 6.27. The van der Waals surface area contributed by atoms with Crippen molar-refractivity contribution < 1.29 is 0 Å². The Balaban J connectivity index is 1.80. The number of nitrogens with one attached hydrogen (secondary N) is 1. The highest BCUT2D eigenvalue weighted by Gasteiger charge is 2.10. The third-order valence-electron chi connectivity index (χ3n) is 4.40. The lowest BCUT2D eigenvalue weighted by molar-refractivity contribution is 1.52. The molecule has 4 rings (SSSR count). The first-order valence-electron chi connectivity index (χ1n) is 8.68. The van der Waals surface area contributed by atoms with Crippen LogP contribution in [0.25, 0.3) is 22.3 Å². The van der Waals surface area contributed by atoms with E-state index in [1.165, 1.54) is 0 Å². The molecule has 0 amide bonds. The van der Waals surface area contributed by atoms with Crippen LogP contribution in [0.15, 0.2) is 97.1 Å². The van der Waals surface area contributed by atoms with Gasteiger partial charge in [-0.05, 0) is 47.5 Å². The Labute approximate surface area is 169 Å². The fourth-order valence-electron chi connectivity index (χ4n) is 3.11. The average molecular weight is 390 g/mol. The monoisotopic (exact) mass is 389 g/mol. The summed E-state index contributed by atoms with van der Waals surface area (Å²) in [5, 5.41) is 4.99. The van der Waals surface area contributed by atoms with Gasteiger partial charge in [0, 0.05) is 32.5 Å². The Morgan fingerprint density at radius 2 is 0.889 bits per heavy atom. The van der Waals surface area contributed by atoms with Gasteiger partial charge in [-0.1, -0.05) is 83.9 Å². The number of hydrogen-bond acceptors (Lipinski definition) is 1. The molecule has 27 heavy (non-hydrogen) atoms. The Morgan fingerprint density at radius 3 is 1.30 bits per heavy atom. The molecule has 0 bridgehead atoms. The lowest BCUT2D eigenvalue weighted by Gasteiger charge is -2.16. The molecule has 0 atom stereocenters. The van der Waals surface area contributed by atoms with E-state index < -0.39 is 0 Å². The minimum absolute atomic E-state index is 0.707. The smallest absolute Gasteiger partial charge is 0.0465 e. The molecule has 0 saturated heterocycles. The molecule has 4 aromatic rings. The summed E-state index contributed by atoms with van der Waals surface area (Å²) in [6.45, 7) is 0. The van der Waals surface area contributed by atoms with E-state index in [9.17, 15) is 0 Å². The van der Waals surface area contributed by atoms with Crippen LogP contribution in [-0.2, 0) is 0 Å². The van der Waals surface area contributed by atoms with Crippen LogP contribution in [0.2, 0.25) is 10.0 Å². The fraction of sp³-hybridized carbons (Fsp3) is 0. The van der Waals surface area contributed by atoms with Crippen molar-refractivity contribution in [3.63, 3.8) is 0 Å². The minimum Gasteiger partial charge on any atom is -0.355 e. The summed E-state index contributed by atoms with van der Waals surface area (Å²) in [5.41, 5.74) is 6.31. The summed E-state index contributed by atoms with van der Waals surface area (Å²) in [6, 6.07) is 32.2. The Morgan fingerprint density at radius 1 is 0.481 bits per heavy atom. The zero-order valence-electron chi connectivity index (χ0n) is 14.5. The van der Waals surface area contributed by atoms with Gasteiger partial charge in [0.05, 0.1) is 0 Å².